The van der Waals surface area contributed by atoms with Crippen molar-refractivity contribution >= 4 is 0 Å². The van der Waals surface area contributed by atoms with Crippen molar-refractivity contribution in [3.63, 3.8) is 0 Å². The van der Waals surface area contributed by atoms with Crippen LogP contribution in [0.4, 0.5) is 0 Å². The molecule has 138 valence electrons. The molecule has 0 saturated heterocycles. The summed E-state index contributed by atoms with van der Waals surface area (Å²) in [5, 5.41) is 22.7. The first kappa shape index (κ1) is 15.6. The summed E-state index contributed by atoms with van der Waals surface area (Å²) in [6.45, 7) is 0. The maximum Gasteiger partial charge on any atom is 0.226 e. The number of benzene rings is 1. The number of aromatic nitrogens is 2. The Morgan fingerprint density at radius 2 is 2.11 bits per heavy atom. The Labute approximate surface area is 156 Å². The van der Waals surface area contributed by atoms with Gasteiger partial charge in [-0.05, 0) is 29.7 Å². The van der Waals surface area contributed by atoms with E-state index in [-0.39, 0.29) is 28.7 Å². The molecule has 6 heteroatoms. The number of hydrogen-bond acceptors (Lipinski definition) is 4. The van der Waals surface area contributed by atoms with Gasteiger partial charge < -0.3 is 9.67 Å². The van der Waals surface area contributed by atoms with Crippen molar-refractivity contribution in [1.29, 1.82) is 0 Å². The normalized spacial score (nSPS) is 35.8. The number of nitro groups is 1. The fourth-order valence-corrected chi connectivity index (χ4v) is 6.39. The molecule has 1 aromatic carbocycles. The van der Waals surface area contributed by atoms with Crippen molar-refractivity contribution in [2.24, 2.45) is 17.8 Å². The topological polar surface area (TPSA) is 81.2 Å². The van der Waals surface area contributed by atoms with Crippen LogP contribution in [0.3, 0.4) is 0 Å². The first-order valence-electron chi connectivity index (χ1n) is 9.73. The van der Waals surface area contributed by atoms with Gasteiger partial charge in [-0.15, -0.1) is 0 Å². The maximum atomic E-state index is 11.6. The van der Waals surface area contributed by atoms with Crippen LogP contribution in [-0.4, -0.2) is 31.2 Å². The summed E-state index contributed by atoms with van der Waals surface area (Å²) in [6, 6.07) is 8.41. The van der Waals surface area contributed by atoms with Crippen LogP contribution in [0.1, 0.15) is 37.3 Å². The predicted molar refractivity (Wildman–Crippen MR) is 98.6 cm³/mol. The summed E-state index contributed by atoms with van der Waals surface area (Å²) in [4.78, 5) is 15.8. The second kappa shape index (κ2) is 5.07. The van der Waals surface area contributed by atoms with Gasteiger partial charge in [-0.25, -0.2) is 4.98 Å². The number of imidazole rings is 1. The SMILES string of the molecule is O=[N+]([O-])C12CC=C3C(C1)C([C@@H](O)CC1c4ccccc4-c4cncn41)C3C2. The number of nitrogens with zero attached hydrogens (tertiary/aromatic N) is 3. The monoisotopic (exact) mass is 363 g/mol. The lowest BCUT2D eigenvalue weighted by molar-refractivity contribution is -0.583. The minimum absolute atomic E-state index is 0.0625. The first-order chi connectivity index (χ1) is 13.1. The first-order valence-corrected chi connectivity index (χ1v) is 9.73. The minimum atomic E-state index is -0.773. The molecule has 1 aliphatic heterocycles. The van der Waals surface area contributed by atoms with Crippen LogP contribution < -0.4 is 0 Å². The number of hydrogen-bond donors (Lipinski definition) is 1. The summed E-state index contributed by atoms with van der Waals surface area (Å²) < 4.78 is 2.16. The molecule has 2 heterocycles. The Kier molecular flexibility index (Phi) is 2.93. The molecule has 3 unspecified atom stereocenters. The molecular formula is C21H21N3O3. The van der Waals surface area contributed by atoms with Gasteiger partial charge in [0.2, 0.25) is 5.54 Å². The highest BCUT2D eigenvalue weighted by atomic mass is 16.6. The van der Waals surface area contributed by atoms with Crippen LogP contribution in [0.2, 0.25) is 0 Å². The van der Waals surface area contributed by atoms with E-state index in [0.29, 0.717) is 25.7 Å². The van der Waals surface area contributed by atoms with Gasteiger partial charge in [-0.1, -0.05) is 35.9 Å². The summed E-state index contributed by atoms with van der Waals surface area (Å²) in [7, 11) is 0. The van der Waals surface area contributed by atoms with E-state index in [1.54, 1.807) is 0 Å². The van der Waals surface area contributed by atoms with Gasteiger partial charge in [0.1, 0.15) is 0 Å². The van der Waals surface area contributed by atoms with E-state index < -0.39 is 11.6 Å². The van der Waals surface area contributed by atoms with Crippen LogP contribution in [0, 0.1) is 27.9 Å². The second-order valence-electron chi connectivity index (χ2n) is 8.68. The number of aliphatic hydroxyl groups excluding tert-OH is 1. The lowest BCUT2D eigenvalue weighted by atomic mass is 9.44. The van der Waals surface area contributed by atoms with E-state index in [0.717, 1.165) is 5.69 Å². The Morgan fingerprint density at radius 3 is 2.89 bits per heavy atom. The molecule has 8 rings (SSSR count). The van der Waals surface area contributed by atoms with E-state index in [1.165, 1.54) is 16.7 Å². The third kappa shape index (κ3) is 1.86. The summed E-state index contributed by atoms with van der Waals surface area (Å²) in [5.41, 5.74) is 4.13. The standard InChI is InChI=1S/C21H21N3O3/c25-19(20-15-8-21(24(26)27)6-5-12(15)16(20)9-21)7-17-13-3-1-2-4-14(13)18-10-22-11-23(17)18/h1-5,10-11,15-17,19-20,25H,6-9H2/t15?,16?,17?,19-,20?,21?/m0/s1. The molecule has 1 aromatic heterocycles. The zero-order valence-corrected chi connectivity index (χ0v) is 14.9. The molecule has 3 fully saturated rings. The van der Waals surface area contributed by atoms with Crippen molar-refractivity contribution in [1.82, 2.24) is 9.55 Å². The van der Waals surface area contributed by atoms with E-state index in [4.69, 9.17) is 0 Å². The molecule has 0 spiro atoms. The van der Waals surface area contributed by atoms with Crippen LogP contribution >= 0.6 is 0 Å². The average molecular weight is 363 g/mol. The van der Waals surface area contributed by atoms with Gasteiger partial charge in [0, 0.05) is 29.7 Å². The molecule has 3 saturated carbocycles. The predicted octanol–water partition coefficient (Wildman–Crippen LogP) is 3.21. The van der Waals surface area contributed by atoms with Gasteiger partial charge in [-0.2, -0.15) is 0 Å². The Morgan fingerprint density at radius 1 is 1.33 bits per heavy atom. The van der Waals surface area contributed by atoms with Crippen molar-refractivity contribution in [3.8, 4) is 11.3 Å². The number of allylic oxidation sites excluding steroid dienone is 1. The number of aliphatic hydroxyl groups is 1. The maximum absolute atomic E-state index is 11.6. The van der Waals surface area contributed by atoms with Gasteiger partial charge in [-0.3, -0.25) is 10.1 Å². The summed E-state index contributed by atoms with van der Waals surface area (Å²) in [6.07, 6.45) is 7.77. The van der Waals surface area contributed by atoms with Crippen molar-refractivity contribution in [2.45, 2.75) is 43.4 Å². The highest BCUT2D eigenvalue weighted by Crippen LogP contribution is 2.64. The van der Waals surface area contributed by atoms with E-state index in [2.05, 4.69) is 27.8 Å². The Balaban J connectivity index is 1.28. The zero-order chi connectivity index (χ0) is 18.3. The molecule has 0 amide bonds. The zero-order valence-electron chi connectivity index (χ0n) is 14.9. The third-order valence-corrected chi connectivity index (χ3v) is 7.60. The molecule has 4 atom stereocenters. The average Bonchev–Trinajstić information content (AvgIpc) is 3.25. The number of fused-ring (bicyclic) bond motifs is 4. The van der Waals surface area contributed by atoms with Gasteiger partial charge in [0.05, 0.1) is 30.4 Å². The minimum Gasteiger partial charge on any atom is -0.393 e. The van der Waals surface area contributed by atoms with E-state index >= 15 is 0 Å². The lowest BCUT2D eigenvalue weighted by Crippen LogP contribution is -2.62. The quantitative estimate of drug-likeness (QED) is 0.514. The molecular weight excluding hydrogens is 342 g/mol. The highest BCUT2D eigenvalue weighted by Gasteiger charge is 2.65. The summed E-state index contributed by atoms with van der Waals surface area (Å²) >= 11 is 0. The van der Waals surface area contributed by atoms with Crippen molar-refractivity contribution < 1.29 is 10.0 Å². The third-order valence-electron chi connectivity index (χ3n) is 7.60. The number of rotatable bonds is 4. The fourth-order valence-electron chi connectivity index (χ4n) is 6.39. The Hall–Kier alpha value is -2.47. The van der Waals surface area contributed by atoms with Crippen LogP contribution in [0.5, 0.6) is 0 Å². The van der Waals surface area contributed by atoms with Gasteiger partial charge >= 0.3 is 0 Å². The van der Waals surface area contributed by atoms with Crippen LogP contribution in [0.15, 0.2) is 48.4 Å². The molecule has 6 aliphatic rings. The van der Waals surface area contributed by atoms with Crippen LogP contribution in [0.25, 0.3) is 11.3 Å². The van der Waals surface area contributed by atoms with Crippen molar-refractivity contribution in [3.05, 3.63) is 64.1 Å². The van der Waals surface area contributed by atoms with Crippen LogP contribution in [-0.2, 0) is 0 Å². The molecule has 4 bridgehead atoms. The fraction of sp³-hybridized carbons (Fsp3) is 0.476. The Bertz CT molecular complexity index is 978. The van der Waals surface area contributed by atoms with Gasteiger partial charge in [0.15, 0.2) is 0 Å². The summed E-state index contributed by atoms with van der Waals surface area (Å²) in [5.74, 6) is 0.540. The van der Waals surface area contributed by atoms with Gasteiger partial charge in [0.25, 0.3) is 0 Å². The van der Waals surface area contributed by atoms with E-state index in [1.807, 2.05) is 24.7 Å². The molecule has 0 radical (unpaired) electrons. The molecule has 1 N–H and O–H groups in total. The largest absolute Gasteiger partial charge is 0.393 e. The molecule has 5 aliphatic carbocycles. The second-order valence-corrected chi connectivity index (χ2v) is 8.68. The smallest absolute Gasteiger partial charge is 0.226 e. The molecule has 6 nitrogen and oxygen atoms in total. The lowest BCUT2D eigenvalue weighted by Gasteiger charge is -2.60. The van der Waals surface area contributed by atoms with Crippen molar-refractivity contribution in [2.75, 3.05) is 0 Å². The highest BCUT2D eigenvalue weighted by molar-refractivity contribution is 5.68. The molecule has 2 aromatic rings. The molecule has 27 heavy (non-hydrogen) atoms. The van der Waals surface area contributed by atoms with E-state index in [9.17, 15) is 15.2 Å².